The van der Waals surface area contributed by atoms with Gasteiger partial charge < -0.3 is 4.74 Å². The van der Waals surface area contributed by atoms with Crippen molar-refractivity contribution in [1.29, 1.82) is 0 Å². The molecule has 1 heterocycles. The lowest BCUT2D eigenvalue weighted by Crippen LogP contribution is -2.39. The van der Waals surface area contributed by atoms with Crippen molar-refractivity contribution in [1.82, 2.24) is 5.43 Å². The van der Waals surface area contributed by atoms with Gasteiger partial charge in [0.15, 0.2) is 0 Å². The molecule has 1 unspecified atom stereocenters. The van der Waals surface area contributed by atoms with Crippen LogP contribution in [0.5, 0.6) is 5.75 Å². The second-order valence-electron chi connectivity index (χ2n) is 4.58. The molecule has 0 saturated carbocycles. The number of hydrogen-bond donors (Lipinski definition) is 1. The first kappa shape index (κ1) is 11.9. The number of anilines is 1. The third kappa shape index (κ3) is 2.26. The van der Waals surface area contributed by atoms with E-state index in [-0.39, 0.29) is 11.9 Å². The SMILES string of the molecule is COc1ccccc1N1NC(C(C)C)CC1=O. The zero-order valence-corrected chi connectivity index (χ0v) is 10.4. The molecule has 1 aliphatic rings. The van der Waals surface area contributed by atoms with Crippen LogP contribution in [0.4, 0.5) is 5.69 Å². The Morgan fingerprint density at radius 2 is 2.12 bits per heavy atom. The van der Waals surface area contributed by atoms with Gasteiger partial charge in [-0.25, -0.2) is 10.4 Å². The summed E-state index contributed by atoms with van der Waals surface area (Å²) in [6.07, 6.45) is 0.537. The van der Waals surface area contributed by atoms with Crippen LogP contribution in [0.3, 0.4) is 0 Å². The van der Waals surface area contributed by atoms with Crippen LogP contribution < -0.4 is 15.2 Å². The van der Waals surface area contributed by atoms with Gasteiger partial charge in [0.2, 0.25) is 5.91 Å². The Bertz CT molecular complexity index is 418. The van der Waals surface area contributed by atoms with E-state index < -0.39 is 0 Å². The Hall–Kier alpha value is -1.55. The maximum absolute atomic E-state index is 12.0. The molecule has 0 bridgehead atoms. The lowest BCUT2D eigenvalue weighted by molar-refractivity contribution is -0.117. The summed E-state index contributed by atoms with van der Waals surface area (Å²) in [5.41, 5.74) is 4.02. The topological polar surface area (TPSA) is 41.6 Å². The summed E-state index contributed by atoms with van der Waals surface area (Å²) in [6, 6.07) is 7.73. The largest absolute Gasteiger partial charge is 0.495 e. The fourth-order valence-corrected chi connectivity index (χ4v) is 1.97. The van der Waals surface area contributed by atoms with Gasteiger partial charge in [-0.05, 0) is 18.1 Å². The summed E-state index contributed by atoms with van der Waals surface area (Å²) < 4.78 is 5.27. The Balaban J connectivity index is 2.26. The van der Waals surface area contributed by atoms with Gasteiger partial charge in [0, 0.05) is 12.5 Å². The molecule has 4 nitrogen and oxygen atoms in total. The molecule has 1 N–H and O–H groups in total. The number of methoxy groups -OCH3 is 1. The minimum atomic E-state index is 0.0909. The number of nitrogens with one attached hydrogen (secondary N) is 1. The van der Waals surface area contributed by atoms with E-state index in [1.165, 1.54) is 0 Å². The molecular weight excluding hydrogens is 216 g/mol. The zero-order chi connectivity index (χ0) is 12.4. The highest BCUT2D eigenvalue weighted by atomic mass is 16.5. The molecule has 1 aliphatic heterocycles. The van der Waals surface area contributed by atoms with E-state index in [0.717, 1.165) is 5.69 Å². The Labute approximate surface area is 102 Å². The summed E-state index contributed by atoms with van der Waals surface area (Å²) in [6.45, 7) is 4.22. The minimum Gasteiger partial charge on any atom is -0.495 e. The quantitative estimate of drug-likeness (QED) is 0.869. The predicted octanol–water partition coefficient (Wildman–Crippen LogP) is 1.96. The summed E-state index contributed by atoms with van der Waals surface area (Å²) in [5.74, 6) is 1.23. The van der Waals surface area contributed by atoms with Crippen molar-refractivity contribution < 1.29 is 9.53 Å². The van der Waals surface area contributed by atoms with E-state index >= 15 is 0 Å². The smallest absolute Gasteiger partial charge is 0.243 e. The van der Waals surface area contributed by atoms with Crippen molar-refractivity contribution in [3.05, 3.63) is 24.3 Å². The molecule has 1 amide bonds. The van der Waals surface area contributed by atoms with Crippen LogP contribution in [-0.2, 0) is 4.79 Å². The van der Waals surface area contributed by atoms with Crippen molar-refractivity contribution in [2.75, 3.05) is 12.1 Å². The van der Waals surface area contributed by atoms with Crippen LogP contribution >= 0.6 is 0 Å². The van der Waals surface area contributed by atoms with Gasteiger partial charge in [-0.2, -0.15) is 0 Å². The van der Waals surface area contributed by atoms with E-state index in [4.69, 9.17) is 4.74 Å². The van der Waals surface area contributed by atoms with Crippen molar-refractivity contribution >= 4 is 11.6 Å². The number of para-hydroxylation sites is 2. The van der Waals surface area contributed by atoms with Crippen LogP contribution in [0.15, 0.2) is 24.3 Å². The Morgan fingerprint density at radius 3 is 2.71 bits per heavy atom. The van der Waals surface area contributed by atoms with Crippen LogP contribution in [0, 0.1) is 5.92 Å². The molecule has 0 aliphatic carbocycles. The van der Waals surface area contributed by atoms with E-state index in [2.05, 4.69) is 19.3 Å². The Kier molecular flexibility index (Phi) is 3.33. The number of ether oxygens (including phenoxy) is 1. The molecule has 2 rings (SSSR count). The molecule has 1 aromatic carbocycles. The van der Waals surface area contributed by atoms with Gasteiger partial charge in [-0.3, -0.25) is 4.79 Å². The summed E-state index contributed by atoms with van der Waals surface area (Å²) in [7, 11) is 1.61. The third-order valence-electron chi connectivity index (χ3n) is 3.07. The fraction of sp³-hybridized carbons (Fsp3) is 0.462. The fourth-order valence-electron chi connectivity index (χ4n) is 1.97. The number of hydrogen-bond acceptors (Lipinski definition) is 3. The lowest BCUT2D eigenvalue weighted by atomic mass is 10.0. The van der Waals surface area contributed by atoms with Crippen LogP contribution in [-0.4, -0.2) is 19.1 Å². The normalized spacial score (nSPS) is 20.1. The molecular formula is C13H18N2O2. The highest BCUT2D eigenvalue weighted by molar-refractivity contribution is 5.96. The number of amides is 1. The van der Waals surface area contributed by atoms with Crippen molar-refractivity contribution in [3.8, 4) is 5.75 Å². The summed E-state index contributed by atoms with van der Waals surface area (Å²) >= 11 is 0. The standard InChI is InChI=1S/C13H18N2O2/c1-9(2)10-8-13(16)15(14-10)11-6-4-5-7-12(11)17-3/h4-7,9-10,14H,8H2,1-3H3. The number of carbonyl (C=O) groups is 1. The molecule has 1 atom stereocenters. The average Bonchev–Trinajstić information content (AvgIpc) is 2.71. The van der Waals surface area contributed by atoms with Gasteiger partial charge in [0.1, 0.15) is 11.4 Å². The lowest BCUT2D eigenvalue weighted by Gasteiger charge is -2.21. The minimum absolute atomic E-state index is 0.0909. The van der Waals surface area contributed by atoms with Gasteiger partial charge in [-0.15, -0.1) is 0 Å². The molecule has 4 heteroatoms. The van der Waals surface area contributed by atoms with E-state index in [0.29, 0.717) is 18.1 Å². The van der Waals surface area contributed by atoms with Gasteiger partial charge in [0.05, 0.1) is 7.11 Å². The molecule has 0 spiro atoms. The molecule has 92 valence electrons. The van der Waals surface area contributed by atoms with Crippen molar-refractivity contribution in [2.24, 2.45) is 5.92 Å². The summed E-state index contributed by atoms with van der Waals surface area (Å²) in [4.78, 5) is 12.0. The van der Waals surface area contributed by atoms with Crippen molar-refractivity contribution in [2.45, 2.75) is 26.3 Å². The third-order valence-corrected chi connectivity index (χ3v) is 3.07. The zero-order valence-electron chi connectivity index (χ0n) is 10.4. The summed E-state index contributed by atoms with van der Waals surface area (Å²) in [5, 5.41) is 1.60. The number of hydrazine groups is 1. The van der Waals surface area contributed by atoms with Crippen LogP contribution in [0.25, 0.3) is 0 Å². The number of benzene rings is 1. The molecule has 0 radical (unpaired) electrons. The van der Waals surface area contributed by atoms with Crippen LogP contribution in [0.2, 0.25) is 0 Å². The van der Waals surface area contributed by atoms with Gasteiger partial charge in [0.25, 0.3) is 0 Å². The molecule has 0 aromatic heterocycles. The first-order valence-electron chi connectivity index (χ1n) is 5.85. The second-order valence-corrected chi connectivity index (χ2v) is 4.58. The molecule has 1 fully saturated rings. The average molecular weight is 234 g/mol. The maximum Gasteiger partial charge on any atom is 0.243 e. The second kappa shape index (κ2) is 4.75. The molecule has 1 aromatic rings. The Morgan fingerprint density at radius 1 is 1.41 bits per heavy atom. The van der Waals surface area contributed by atoms with Crippen LogP contribution in [0.1, 0.15) is 20.3 Å². The first-order chi connectivity index (χ1) is 8.13. The first-order valence-corrected chi connectivity index (χ1v) is 5.85. The van der Waals surface area contributed by atoms with Gasteiger partial charge >= 0.3 is 0 Å². The predicted molar refractivity (Wildman–Crippen MR) is 66.9 cm³/mol. The highest BCUT2D eigenvalue weighted by Gasteiger charge is 2.33. The number of carbonyl (C=O) groups excluding carboxylic acids is 1. The highest BCUT2D eigenvalue weighted by Crippen LogP contribution is 2.30. The van der Waals surface area contributed by atoms with Crippen molar-refractivity contribution in [3.63, 3.8) is 0 Å². The van der Waals surface area contributed by atoms with E-state index in [9.17, 15) is 4.79 Å². The molecule has 1 saturated heterocycles. The maximum atomic E-state index is 12.0. The van der Waals surface area contributed by atoms with E-state index in [1.807, 2.05) is 24.3 Å². The van der Waals surface area contributed by atoms with E-state index in [1.54, 1.807) is 12.1 Å². The monoisotopic (exact) mass is 234 g/mol. The number of rotatable bonds is 3. The molecule has 17 heavy (non-hydrogen) atoms. The number of nitrogens with zero attached hydrogens (tertiary/aromatic N) is 1. The van der Waals surface area contributed by atoms with Gasteiger partial charge in [-0.1, -0.05) is 26.0 Å².